The van der Waals surface area contributed by atoms with Crippen LogP contribution in [0.25, 0.3) is 0 Å². The maximum atomic E-state index is 5.34. The highest BCUT2D eigenvalue weighted by atomic mass is 16.4. The summed E-state index contributed by atoms with van der Waals surface area (Å²) in [5.74, 6) is 0.607. The molecule has 0 saturated carbocycles. The quantitative estimate of drug-likeness (QED) is 0.776. The van der Waals surface area contributed by atoms with E-state index in [-0.39, 0.29) is 0 Å². The summed E-state index contributed by atoms with van der Waals surface area (Å²) in [5, 5.41) is 13.8. The van der Waals surface area contributed by atoms with E-state index in [0.29, 0.717) is 23.9 Å². The molecule has 0 fully saturated rings. The minimum atomic E-state index is 0.320. The molecule has 1 heterocycles. The van der Waals surface area contributed by atoms with Gasteiger partial charge in [0.05, 0.1) is 6.54 Å². The molecule has 0 aliphatic carbocycles. The number of nitrogens with zero attached hydrogens (tertiary/aromatic N) is 2. The Morgan fingerprint density at radius 3 is 2.60 bits per heavy atom. The number of nitrogens with one attached hydrogen (secondary N) is 2. The van der Waals surface area contributed by atoms with E-state index in [2.05, 4.69) is 41.6 Å². The van der Waals surface area contributed by atoms with Gasteiger partial charge in [-0.1, -0.05) is 25.9 Å². The van der Waals surface area contributed by atoms with Gasteiger partial charge in [0.25, 0.3) is 0 Å². The second kappa shape index (κ2) is 5.11. The summed E-state index contributed by atoms with van der Waals surface area (Å²) in [7, 11) is 1.84. The molecule has 5 nitrogen and oxygen atoms in total. The van der Waals surface area contributed by atoms with Gasteiger partial charge in [0.2, 0.25) is 5.89 Å². The van der Waals surface area contributed by atoms with Gasteiger partial charge in [-0.25, -0.2) is 0 Å². The molecule has 15 heavy (non-hydrogen) atoms. The van der Waals surface area contributed by atoms with Crippen molar-refractivity contribution in [1.29, 1.82) is 0 Å². The van der Waals surface area contributed by atoms with Gasteiger partial charge in [-0.05, 0) is 18.9 Å². The Bertz CT molecular complexity index is 290. The maximum absolute atomic E-state index is 5.34. The number of rotatable bonds is 5. The Kier molecular flexibility index (Phi) is 4.08. The molecule has 5 heteroatoms. The summed E-state index contributed by atoms with van der Waals surface area (Å²) in [6.45, 7) is 8.07. The van der Waals surface area contributed by atoms with E-state index in [0.717, 1.165) is 13.0 Å². The molecule has 0 aliphatic rings. The van der Waals surface area contributed by atoms with Crippen LogP contribution in [-0.2, 0) is 6.54 Å². The summed E-state index contributed by atoms with van der Waals surface area (Å²) >= 11 is 0. The minimum absolute atomic E-state index is 0.320. The molecule has 1 aromatic rings. The van der Waals surface area contributed by atoms with Crippen molar-refractivity contribution < 1.29 is 4.42 Å². The van der Waals surface area contributed by atoms with E-state index in [1.807, 2.05) is 7.05 Å². The number of anilines is 1. The average Bonchev–Trinajstić information content (AvgIpc) is 2.51. The van der Waals surface area contributed by atoms with Crippen molar-refractivity contribution in [1.82, 2.24) is 15.5 Å². The number of hydrogen-bond acceptors (Lipinski definition) is 5. The zero-order chi connectivity index (χ0) is 11.3. The highest BCUT2D eigenvalue weighted by molar-refractivity contribution is 5.16. The van der Waals surface area contributed by atoms with Crippen LogP contribution in [0.3, 0.4) is 0 Å². The standard InChI is InChI=1S/C10H20N4O/c1-10(2,3)5-6-12-9-14-13-8(15-9)7-11-4/h11H,5-7H2,1-4H3,(H,12,14). The molecule has 0 aromatic carbocycles. The third-order valence-electron chi connectivity index (χ3n) is 1.95. The molecule has 2 N–H and O–H groups in total. The van der Waals surface area contributed by atoms with Gasteiger partial charge in [0.15, 0.2) is 0 Å². The summed E-state index contributed by atoms with van der Waals surface area (Å²) in [6, 6.07) is 0.504. The number of hydrogen-bond donors (Lipinski definition) is 2. The van der Waals surface area contributed by atoms with Crippen LogP contribution in [0.1, 0.15) is 33.1 Å². The van der Waals surface area contributed by atoms with Crippen LogP contribution >= 0.6 is 0 Å². The van der Waals surface area contributed by atoms with Crippen molar-refractivity contribution in [2.24, 2.45) is 5.41 Å². The van der Waals surface area contributed by atoms with Gasteiger partial charge < -0.3 is 15.1 Å². The van der Waals surface area contributed by atoms with Crippen LogP contribution in [0.2, 0.25) is 0 Å². The lowest BCUT2D eigenvalue weighted by Crippen LogP contribution is -2.12. The lowest BCUT2D eigenvalue weighted by Gasteiger charge is -2.17. The van der Waals surface area contributed by atoms with Gasteiger partial charge in [0, 0.05) is 6.54 Å². The van der Waals surface area contributed by atoms with Crippen LogP contribution in [0, 0.1) is 5.41 Å². The van der Waals surface area contributed by atoms with Crippen molar-refractivity contribution in [2.75, 3.05) is 18.9 Å². The van der Waals surface area contributed by atoms with Crippen molar-refractivity contribution in [3.8, 4) is 0 Å². The van der Waals surface area contributed by atoms with Crippen LogP contribution in [0.15, 0.2) is 4.42 Å². The SMILES string of the molecule is CNCc1nnc(NCCC(C)(C)C)o1. The zero-order valence-corrected chi connectivity index (χ0v) is 9.92. The summed E-state index contributed by atoms with van der Waals surface area (Å²) < 4.78 is 5.34. The first-order valence-electron chi connectivity index (χ1n) is 5.22. The molecule has 0 bridgehead atoms. The fourth-order valence-electron chi connectivity index (χ4n) is 1.09. The maximum Gasteiger partial charge on any atom is 0.315 e. The second-order valence-corrected chi connectivity index (χ2v) is 4.77. The Morgan fingerprint density at radius 1 is 1.27 bits per heavy atom. The van der Waals surface area contributed by atoms with E-state index < -0.39 is 0 Å². The van der Waals surface area contributed by atoms with Crippen LogP contribution in [0.5, 0.6) is 0 Å². The van der Waals surface area contributed by atoms with Crippen LogP contribution in [0.4, 0.5) is 6.01 Å². The van der Waals surface area contributed by atoms with E-state index in [4.69, 9.17) is 4.42 Å². The Labute approximate surface area is 90.7 Å². The Morgan fingerprint density at radius 2 is 2.00 bits per heavy atom. The first-order chi connectivity index (χ1) is 7.01. The Balaban J connectivity index is 2.31. The van der Waals surface area contributed by atoms with E-state index in [1.165, 1.54) is 0 Å². The summed E-state index contributed by atoms with van der Waals surface area (Å²) in [5.41, 5.74) is 0.320. The lowest BCUT2D eigenvalue weighted by molar-refractivity contribution is 0.387. The van der Waals surface area contributed by atoms with Crippen molar-refractivity contribution in [2.45, 2.75) is 33.7 Å². The lowest BCUT2D eigenvalue weighted by atomic mass is 9.92. The first-order valence-corrected chi connectivity index (χ1v) is 5.22. The summed E-state index contributed by atoms with van der Waals surface area (Å²) in [4.78, 5) is 0. The van der Waals surface area contributed by atoms with Crippen molar-refractivity contribution >= 4 is 6.01 Å². The molecular formula is C10H20N4O. The molecule has 1 rings (SSSR count). The smallest absolute Gasteiger partial charge is 0.315 e. The zero-order valence-electron chi connectivity index (χ0n) is 9.92. The molecule has 0 unspecified atom stereocenters. The second-order valence-electron chi connectivity index (χ2n) is 4.77. The minimum Gasteiger partial charge on any atom is -0.407 e. The van der Waals surface area contributed by atoms with Crippen LogP contribution < -0.4 is 10.6 Å². The number of aromatic nitrogens is 2. The predicted octanol–water partition coefficient (Wildman–Crippen LogP) is 1.64. The molecule has 0 atom stereocenters. The van der Waals surface area contributed by atoms with Crippen molar-refractivity contribution in [3.63, 3.8) is 0 Å². The van der Waals surface area contributed by atoms with E-state index >= 15 is 0 Å². The van der Waals surface area contributed by atoms with E-state index in [1.54, 1.807) is 0 Å². The molecule has 86 valence electrons. The topological polar surface area (TPSA) is 63.0 Å². The average molecular weight is 212 g/mol. The third kappa shape index (κ3) is 4.78. The van der Waals surface area contributed by atoms with E-state index in [9.17, 15) is 0 Å². The highest BCUT2D eigenvalue weighted by Gasteiger charge is 2.10. The largest absolute Gasteiger partial charge is 0.407 e. The van der Waals surface area contributed by atoms with Gasteiger partial charge in [0.1, 0.15) is 0 Å². The molecule has 0 saturated heterocycles. The molecule has 1 aromatic heterocycles. The molecular weight excluding hydrogens is 192 g/mol. The molecule has 0 radical (unpaired) electrons. The van der Waals surface area contributed by atoms with Crippen LogP contribution in [-0.4, -0.2) is 23.8 Å². The molecule has 0 amide bonds. The normalized spacial score (nSPS) is 11.7. The van der Waals surface area contributed by atoms with Crippen molar-refractivity contribution in [3.05, 3.63) is 5.89 Å². The fourth-order valence-corrected chi connectivity index (χ4v) is 1.09. The third-order valence-corrected chi connectivity index (χ3v) is 1.95. The van der Waals surface area contributed by atoms with Gasteiger partial charge in [-0.3, -0.25) is 0 Å². The van der Waals surface area contributed by atoms with Gasteiger partial charge in [-0.15, -0.1) is 5.10 Å². The fraction of sp³-hybridized carbons (Fsp3) is 0.800. The van der Waals surface area contributed by atoms with Gasteiger partial charge >= 0.3 is 6.01 Å². The van der Waals surface area contributed by atoms with Gasteiger partial charge in [-0.2, -0.15) is 0 Å². The highest BCUT2D eigenvalue weighted by Crippen LogP contribution is 2.18. The first kappa shape index (κ1) is 12.0. The Hall–Kier alpha value is -1.10. The monoisotopic (exact) mass is 212 g/mol. The molecule has 0 aliphatic heterocycles. The summed E-state index contributed by atoms with van der Waals surface area (Å²) in [6.07, 6.45) is 1.07. The molecule has 0 spiro atoms. The predicted molar refractivity (Wildman–Crippen MR) is 59.6 cm³/mol.